The van der Waals surface area contributed by atoms with Crippen LogP contribution in [0.5, 0.6) is 5.75 Å². The molecule has 0 aliphatic carbocycles. The monoisotopic (exact) mass is 307 g/mol. The van der Waals surface area contributed by atoms with Gasteiger partial charge in [-0.1, -0.05) is 23.7 Å². The first-order chi connectivity index (χ1) is 10.3. The number of morpholine rings is 1. The number of nitrogens with zero attached hydrogens (tertiary/aromatic N) is 1. The Hall–Kier alpha value is -1.56. The van der Waals surface area contributed by atoms with Crippen LogP contribution >= 0.6 is 11.6 Å². The molecule has 1 aliphatic heterocycles. The summed E-state index contributed by atoms with van der Waals surface area (Å²) in [6.45, 7) is 2.98. The lowest BCUT2D eigenvalue weighted by molar-refractivity contribution is 0.0250. The van der Waals surface area contributed by atoms with Crippen molar-refractivity contribution in [2.24, 2.45) is 0 Å². The van der Waals surface area contributed by atoms with Crippen LogP contribution < -0.4 is 10.1 Å². The first-order valence-electron chi connectivity index (χ1n) is 7.07. The van der Waals surface area contributed by atoms with Crippen LogP contribution in [0.15, 0.2) is 30.3 Å². The van der Waals surface area contributed by atoms with Crippen molar-refractivity contribution >= 4 is 11.6 Å². The van der Waals surface area contributed by atoms with Gasteiger partial charge in [-0.25, -0.2) is 0 Å². The molecule has 2 N–H and O–H groups in total. The Morgan fingerprint density at radius 1 is 1.38 bits per heavy atom. The first-order valence-corrected chi connectivity index (χ1v) is 7.44. The maximum atomic E-state index is 6.04. The topological polar surface area (TPSA) is 59.2 Å². The highest BCUT2D eigenvalue weighted by Gasteiger charge is 2.18. The quantitative estimate of drug-likeness (QED) is 0.890. The van der Waals surface area contributed by atoms with E-state index in [1.54, 1.807) is 0 Å². The second-order valence-corrected chi connectivity index (χ2v) is 5.32. The molecule has 2 aromatic rings. The van der Waals surface area contributed by atoms with Crippen LogP contribution in [0.4, 0.5) is 0 Å². The number of hydrogen-bond donors (Lipinski definition) is 2. The first kappa shape index (κ1) is 14.4. The van der Waals surface area contributed by atoms with Crippen LogP contribution in [0.3, 0.4) is 0 Å². The van der Waals surface area contributed by atoms with Crippen molar-refractivity contribution in [1.82, 2.24) is 15.5 Å². The van der Waals surface area contributed by atoms with Gasteiger partial charge in [-0.2, -0.15) is 5.10 Å². The zero-order valence-electron chi connectivity index (χ0n) is 11.6. The minimum Gasteiger partial charge on any atom is -0.492 e. The standard InChI is InChI=1S/C15H18ClN3O2/c16-12-3-1-2-4-14(12)20-7-5-11-9-13(19-18-11)15-10-17-6-8-21-15/h1-4,9,15,17H,5-8,10H2,(H,18,19)/t15-/m1/s1. The summed E-state index contributed by atoms with van der Waals surface area (Å²) in [5, 5.41) is 11.3. The van der Waals surface area contributed by atoms with Gasteiger partial charge >= 0.3 is 0 Å². The molecule has 1 aromatic heterocycles. The second-order valence-electron chi connectivity index (χ2n) is 4.91. The van der Waals surface area contributed by atoms with E-state index in [1.165, 1.54) is 0 Å². The zero-order chi connectivity index (χ0) is 14.5. The highest BCUT2D eigenvalue weighted by atomic mass is 35.5. The van der Waals surface area contributed by atoms with E-state index >= 15 is 0 Å². The summed E-state index contributed by atoms with van der Waals surface area (Å²) in [6, 6.07) is 9.51. The second kappa shape index (κ2) is 6.93. The molecule has 0 amide bonds. The summed E-state index contributed by atoms with van der Waals surface area (Å²) in [6.07, 6.45) is 0.784. The fourth-order valence-corrected chi connectivity index (χ4v) is 2.45. The minimum atomic E-state index is 0.0354. The third-order valence-corrected chi connectivity index (χ3v) is 3.69. The van der Waals surface area contributed by atoms with E-state index in [9.17, 15) is 0 Å². The zero-order valence-corrected chi connectivity index (χ0v) is 12.4. The number of ether oxygens (including phenoxy) is 2. The molecule has 0 saturated carbocycles. The Kier molecular flexibility index (Phi) is 4.75. The van der Waals surface area contributed by atoms with Crippen molar-refractivity contribution in [1.29, 1.82) is 0 Å². The van der Waals surface area contributed by atoms with Crippen LogP contribution in [0.2, 0.25) is 5.02 Å². The number of para-hydroxylation sites is 1. The van der Waals surface area contributed by atoms with Gasteiger partial charge in [0, 0.05) is 25.2 Å². The van der Waals surface area contributed by atoms with Gasteiger partial charge in [-0.3, -0.25) is 5.10 Å². The number of aromatic nitrogens is 2. The lowest BCUT2D eigenvalue weighted by atomic mass is 10.2. The summed E-state index contributed by atoms with van der Waals surface area (Å²) in [5.41, 5.74) is 1.97. The average Bonchev–Trinajstić information content (AvgIpc) is 2.99. The lowest BCUT2D eigenvalue weighted by Gasteiger charge is -2.21. The Labute approximate surface area is 128 Å². The maximum absolute atomic E-state index is 6.04. The van der Waals surface area contributed by atoms with Gasteiger partial charge in [-0.15, -0.1) is 0 Å². The highest BCUT2D eigenvalue weighted by molar-refractivity contribution is 6.32. The molecule has 3 rings (SSSR count). The smallest absolute Gasteiger partial charge is 0.137 e. The highest BCUT2D eigenvalue weighted by Crippen LogP contribution is 2.23. The third kappa shape index (κ3) is 3.75. The molecule has 0 spiro atoms. The predicted octanol–water partition coefficient (Wildman–Crippen LogP) is 2.35. The fraction of sp³-hybridized carbons (Fsp3) is 0.400. The molecule has 0 unspecified atom stereocenters. The van der Waals surface area contributed by atoms with Gasteiger partial charge in [0.2, 0.25) is 0 Å². The molecule has 2 heterocycles. The van der Waals surface area contributed by atoms with E-state index in [1.807, 2.05) is 30.3 Å². The molecule has 0 bridgehead atoms. The molecule has 0 radical (unpaired) electrons. The molecule has 1 aromatic carbocycles. The molecule has 112 valence electrons. The van der Waals surface area contributed by atoms with E-state index in [-0.39, 0.29) is 6.10 Å². The molecule has 1 atom stereocenters. The number of nitrogens with one attached hydrogen (secondary N) is 2. The van der Waals surface area contributed by atoms with Gasteiger partial charge in [0.1, 0.15) is 11.9 Å². The van der Waals surface area contributed by atoms with Crippen molar-refractivity contribution in [2.45, 2.75) is 12.5 Å². The summed E-state index contributed by atoms with van der Waals surface area (Å²) in [7, 11) is 0. The Morgan fingerprint density at radius 3 is 3.10 bits per heavy atom. The van der Waals surface area contributed by atoms with Crippen LogP contribution in [-0.2, 0) is 11.2 Å². The number of H-pyrrole nitrogens is 1. The molecular weight excluding hydrogens is 290 g/mol. The van der Waals surface area contributed by atoms with E-state index < -0.39 is 0 Å². The van der Waals surface area contributed by atoms with E-state index in [4.69, 9.17) is 21.1 Å². The summed E-state index contributed by atoms with van der Waals surface area (Å²) >= 11 is 6.04. The molecule has 21 heavy (non-hydrogen) atoms. The van der Waals surface area contributed by atoms with E-state index in [0.717, 1.165) is 37.5 Å². The van der Waals surface area contributed by atoms with Crippen LogP contribution in [0.1, 0.15) is 17.5 Å². The lowest BCUT2D eigenvalue weighted by Crippen LogP contribution is -2.33. The third-order valence-electron chi connectivity index (χ3n) is 3.37. The van der Waals surface area contributed by atoms with E-state index in [0.29, 0.717) is 17.4 Å². The summed E-state index contributed by atoms with van der Waals surface area (Å²) in [4.78, 5) is 0. The van der Waals surface area contributed by atoms with Gasteiger partial charge in [0.05, 0.1) is 23.9 Å². The molecule has 5 nitrogen and oxygen atoms in total. The number of benzene rings is 1. The van der Waals surface area contributed by atoms with Crippen molar-refractivity contribution in [3.05, 3.63) is 46.7 Å². The number of aromatic amines is 1. The molecule has 6 heteroatoms. The predicted molar refractivity (Wildman–Crippen MR) is 80.8 cm³/mol. The Balaban J connectivity index is 1.52. The molecular formula is C15H18ClN3O2. The van der Waals surface area contributed by atoms with Crippen molar-refractivity contribution in [2.75, 3.05) is 26.3 Å². The van der Waals surface area contributed by atoms with Gasteiger partial charge < -0.3 is 14.8 Å². The van der Waals surface area contributed by atoms with Crippen LogP contribution in [-0.4, -0.2) is 36.5 Å². The van der Waals surface area contributed by atoms with Crippen LogP contribution in [0.25, 0.3) is 0 Å². The van der Waals surface area contributed by atoms with E-state index in [2.05, 4.69) is 15.5 Å². The number of rotatable bonds is 5. The molecule has 1 fully saturated rings. The summed E-state index contributed by atoms with van der Waals surface area (Å²) < 4.78 is 11.3. The molecule has 1 saturated heterocycles. The molecule has 1 aliphatic rings. The van der Waals surface area contributed by atoms with Crippen molar-refractivity contribution < 1.29 is 9.47 Å². The average molecular weight is 308 g/mol. The number of hydrogen-bond acceptors (Lipinski definition) is 4. The van der Waals surface area contributed by atoms with Crippen molar-refractivity contribution in [3.63, 3.8) is 0 Å². The fourth-order valence-electron chi connectivity index (χ4n) is 2.26. The largest absolute Gasteiger partial charge is 0.492 e. The normalized spacial score (nSPS) is 18.6. The van der Waals surface area contributed by atoms with Gasteiger partial charge in [0.15, 0.2) is 0 Å². The minimum absolute atomic E-state index is 0.0354. The Morgan fingerprint density at radius 2 is 2.29 bits per heavy atom. The maximum Gasteiger partial charge on any atom is 0.137 e. The SMILES string of the molecule is Clc1ccccc1OCCc1cc([C@H]2CNCCO2)n[nH]1. The van der Waals surface area contributed by atoms with Gasteiger partial charge in [0.25, 0.3) is 0 Å². The van der Waals surface area contributed by atoms with Gasteiger partial charge in [-0.05, 0) is 18.2 Å². The Bertz CT molecular complexity index is 582. The summed E-state index contributed by atoms with van der Waals surface area (Å²) in [5.74, 6) is 0.707. The number of halogens is 1. The van der Waals surface area contributed by atoms with Crippen molar-refractivity contribution in [3.8, 4) is 5.75 Å². The van der Waals surface area contributed by atoms with Crippen LogP contribution in [0, 0.1) is 0 Å².